The van der Waals surface area contributed by atoms with E-state index in [1.165, 1.54) is 4.57 Å². The maximum atomic E-state index is 11.5. The van der Waals surface area contributed by atoms with E-state index in [9.17, 15) is 4.79 Å². The van der Waals surface area contributed by atoms with E-state index in [0.717, 1.165) is 12.8 Å². The number of aliphatic hydroxyl groups is 1. The fourth-order valence-electron chi connectivity index (χ4n) is 1.31. The maximum absolute atomic E-state index is 11.5. The van der Waals surface area contributed by atoms with E-state index in [-0.39, 0.29) is 17.7 Å². The maximum Gasteiger partial charge on any atom is 0.293 e. The summed E-state index contributed by atoms with van der Waals surface area (Å²) in [7, 11) is 1.67. The molecule has 1 heterocycles. The molecule has 1 aromatic heterocycles. The van der Waals surface area contributed by atoms with Gasteiger partial charge in [-0.2, -0.15) is 0 Å². The van der Waals surface area contributed by atoms with Gasteiger partial charge in [0.25, 0.3) is 5.56 Å². The minimum absolute atomic E-state index is 0.0483. The third kappa shape index (κ3) is 1.50. The van der Waals surface area contributed by atoms with E-state index >= 15 is 0 Å². The average Bonchev–Trinajstić information content (AvgIpc) is 2.94. The summed E-state index contributed by atoms with van der Waals surface area (Å²) in [5, 5.41) is 12.1. The van der Waals surface area contributed by atoms with E-state index < -0.39 is 0 Å². The second-order valence-corrected chi connectivity index (χ2v) is 3.76. The molecule has 1 aliphatic rings. The quantitative estimate of drug-likeness (QED) is 0.696. The Kier molecular flexibility index (Phi) is 2.03. The molecule has 1 aromatic rings. The molecule has 1 fully saturated rings. The molecular weight excluding hydrogens is 182 g/mol. The minimum atomic E-state index is -0.291. The molecule has 0 spiro atoms. The van der Waals surface area contributed by atoms with Crippen LogP contribution in [0.2, 0.25) is 0 Å². The Labute approximate surface area is 81.4 Å². The Morgan fingerprint density at radius 2 is 2.43 bits per heavy atom. The smallest absolute Gasteiger partial charge is 0.293 e. The van der Waals surface area contributed by atoms with Crippen molar-refractivity contribution in [3.05, 3.63) is 22.7 Å². The van der Waals surface area contributed by atoms with Crippen LogP contribution in [0.25, 0.3) is 0 Å². The number of nitrogens with one attached hydrogen (secondary N) is 1. The summed E-state index contributed by atoms with van der Waals surface area (Å²) in [6.07, 6.45) is 4.95. The van der Waals surface area contributed by atoms with Crippen LogP contribution in [0, 0.1) is 0 Å². The van der Waals surface area contributed by atoms with Gasteiger partial charge in [0, 0.05) is 19.4 Å². The highest BCUT2D eigenvalue weighted by atomic mass is 16.3. The van der Waals surface area contributed by atoms with Crippen molar-refractivity contribution in [1.29, 1.82) is 0 Å². The van der Waals surface area contributed by atoms with Gasteiger partial charge in [-0.15, -0.1) is 0 Å². The minimum Gasteiger partial charge on any atom is -0.394 e. The van der Waals surface area contributed by atoms with Gasteiger partial charge < -0.3 is 15.0 Å². The summed E-state index contributed by atoms with van der Waals surface area (Å²) in [5.41, 5.74) is -0.451. The molecule has 0 radical (unpaired) electrons. The first-order valence-corrected chi connectivity index (χ1v) is 4.58. The molecule has 76 valence electrons. The van der Waals surface area contributed by atoms with Gasteiger partial charge in [-0.3, -0.25) is 4.79 Å². The number of aryl methyl sites for hydroxylation is 1. The van der Waals surface area contributed by atoms with Crippen molar-refractivity contribution in [3.63, 3.8) is 0 Å². The molecule has 1 saturated carbocycles. The SMILES string of the molecule is Cn1ccnc(NC2(CO)CC2)c1=O. The summed E-state index contributed by atoms with van der Waals surface area (Å²) in [6.45, 7) is 0.0483. The Morgan fingerprint density at radius 3 is 3.00 bits per heavy atom. The van der Waals surface area contributed by atoms with E-state index in [1.807, 2.05) is 0 Å². The predicted octanol–water partition coefficient (Wildman–Crippen LogP) is -0.283. The van der Waals surface area contributed by atoms with Crippen molar-refractivity contribution >= 4 is 5.82 Å². The number of hydrogen-bond acceptors (Lipinski definition) is 4. The standard InChI is InChI=1S/C9H13N3O2/c1-12-5-4-10-7(8(12)14)11-9(6-13)2-3-9/h4-5,13H,2-3,6H2,1H3,(H,10,11). The Morgan fingerprint density at radius 1 is 1.71 bits per heavy atom. The molecule has 2 N–H and O–H groups in total. The lowest BCUT2D eigenvalue weighted by atomic mass is 10.3. The summed E-state index contributed by atoms with van der Waals surface area (Å²) < 4.78 is 1.46. The molecule has 0 saturated heterocycles. The van der Waals surface area contributed by atoms with Gasteiger partial charge in [0.1, 0.15) is 0 Å². The van der Waals surface area contributed by atoms with Crippen molar-refractivity contribution in [1.82, 2.24) is 9.55 Å². The van der Waals surface area contributed by atoms with Crippen molar-refractivity contribution in [2.45, 2.75) is 18.4 Å². The molecule has 0 atom stereocenters. The predicted molar refractivity (Wildman–Crippen MR) is 52.2 cm³/mol. The Balaban J connectivity index is 2.25. The summed E-state index contributed by atoms with van der Waals surface area (Å²) >= 11 is 0. The van der Waals surface area contributed by atoms with Crippen molar-refractivity contribution in [3.8, 4) is 0 Å². The molecule has 14 heavy (non-hydrogen) atoms. The first kappa shape index (κ1) is 9.21. The van der Waals surface area contributed by atoms with Crippen LogP contribution in [0.3, 0.4) is 0 Å². The van der Waals surface area contributed by atoms with Gasteiger partial charge in [-0.05, 0) is 12.8 Å². The van der Waals surface area contributed by atoms with Crippen LogP contribution in [0.1, 0.15) is 12.8 Å². The number of anilines is 1. The third-order valence-electron chi connectivity index (χ3n) is 2.56. The second-order valence-electron chi connectivity index (χ2n) is 3.76. The molecule has 0 aliphatic heterocycles. The van der Waals surface area contributed by atoms with E-state index in [2.05, 4.69) is 10.3 Å². The first-order valence-electron chi connectivity index (χ1n) is 4.58. The average molecular weight is 195 g/mol. The monoisotopic (exact) mass is 195 g/mol. The number of aromatic nitrogens is 2. The molecule has 5 heteroatoms. The summed E-state index contributed by atoms with van der Waals surface area (Å²) in [6, 6.07) is 0. The van der Waals surface area contributed by atoms with Gasteiger partial charge in [0.15, 0.2) is 5.82 Å². The molecule has 5 nitrogen and oxygen atoms in total. The van der Waals surface area contributed by atoms with Gasteiger partial charge in [0.2, 0.25) is 0 Å². The van der Waals surface area contributed by atoms with E-state index in [0.29, 0.717) is 5.82 Å². The van der Waals surface area contributed by atoms with E-state index in [1.54, 1.807) is 19.4 Å². The van der Waals surface area contributed by atoms with Crippen LogP contribution in [-0.4, -0.2) is 26.8 Å². The number of rotatable bonds is 3. The first-order chi connectivity index (χ1) is 6.67. The number of nitrogens with zero attached hydrogens (tertiary/aromatic N) is 2. The Bertz CT molecular complexity index is 395. The molecule has 2 rings (SSSR count). The molecule has 0 amide bonds. The largest absolute Gasteiger partial charge is 0.394 e. The summed E-state index contributed by atoms with van der Waals surface area (Å²) in [4.78, 5) is 15.5. The number of aliphatic hydroxyl groups excluding tert-OH is 1. The highest BCUT2D eigenvalue weighted by Crippen LogP contribution is 2.37. The van der Waals surface area contributed by atoms with Crippen molar-refractivity contribution < 1.29 is 5.11 Å². The van der Waals surface area contributed by atoms with Crippen LogP contribution in [-0.2, 0) is 7.05 Å². The van der Waals surface area contributed by atoms with Crippen LogP contribution >= 0.6 is 0 Å². The second kappa shape index (κ2) is 3.09. The topological polar surface area (TPSA) is 67.2 Å². The van der Waals surface area contributed by atoms with E-state index in [4.69, 9.17) is 5.11 Å². The van der Waals surface area contributed by atoms with Crippen molar-refractivity contribution in [2.75, 3.05) is 11.9 Å². The van der Waals surface area contributed by atoms with Crippen LogP contribution in [0.4, 0.5) is 5.82 Å². The van der Waals surface area contributed by atoms with Crippen LogP contribution in [0.15, 0.2) is 17.2 Å². The van der Waals surface area contributed by atoms with Crippen molar-refractivity contribution in [2.24, 2.45) is 7.05 Å². The fourth-order valence-corrected chi connectivity index (χ4v) is 1.31. The van der Waals surface area contributed by atoms with Gasteiger partial charge in [-0.1, -0.05) is 0 Å². The summed E-state index contributed by atoms with van der Waals surface area (Å²) in [5.74, 6) is 0.321. The van der Waals surface area contributed by atoms with Gasteiger partial charge in [-0.25, -0.2) is 4.98 Å². The fraction of sp³-hybridized carbons (Fsp3) is 0.556. The zero-order chi connectivity index (χ0) is 10.2. The number of hydrogen-bond donors (Lipinski definition) is 2. The molecular formula is C9H13N3O2. The third-order valence-corrected chi connectivity index (χ3v) is 2.56. The highest BCUT2D eigenvalue weighted by Gasteiger charge is 2.42. The molecule has 0 bridgehead atoms. The zero-order valence-electron chi connectivity index (χ0n) is 8.03. The van der Waals surface area contributed by atoms with Gasteiger partial charge in [0.05, 0.1) is 12.1 Å². The van der Waals surface area contributed by atoms with Crippen LogP contribution in [0.5, 0.6) is 0 Å². The van der Waals surface area contributed by atoms with Crippen LogP contribution < -0.4 is 10.9 Å². The molecule has 0 unspecified atom stereocenters. The normalized spacial score (nSPS) is 17.9. The Hall–Kier alpha value is -1.36. The molecule has 0 aromatic carbocycles. The lowest BCUT2D eigenvalue weighted by Crippen LogP contribution is -2.31. The molecule has 1 aliphatic carbocycles. The van der Waals surface area contributed by atoms with Gasteiger partial charge >= 0.3 is 0 Å². The lowest BCUT2D eigenvalue weighted by Gasteiger charge is -2.14. The highest BCUT2D eigenvalue weighted by molar-refractivity contribution is 5.38. The lowest BCUT2D eigenvalue weighted by molar-refractivity contribution is 0.266. The zero-order valence-corrected chi connectivity index (χ0v) is 8.03.